The summed E-state index contributed by atoms with van der Waals surface area (Å²) in [4.78, 5) is 23.1. The van der Waals surface area contributed by atoms with Crippen LogP contribution in [0.3, 0.4) is 0 Å². The van der Waals surface area contributed by atoms with E-state index in [4.69, 9.17) is 5.26 Å². The molecule has 6 heteroatoms. The molecule has 2 aliphatic rings. The van der Waals surface area contributed by atoms with Gasteiger partial charge in [0.2, 0.25) is 6.41 Å². The fourth-order valence-electron chi connectivity index (χ4n) is 2.01. The monoisotopic (exact) mass is 237 g/mol. The number of amides is 1. The molecular weight excluding hydrogens is 230 g/mol. The van der Waals surface area contributed by atoms with Gasteiger partial charge in [-0.05, 0) is 6.08 Å². The van der Waals surface area contributed by atoms with Crippen LogP contribution in [0.25, 0.3) is 6.08 Å². The Morgan fingerprint density at radius 3 is 3.17 bits per heavy atom. The van der Waals surface area contributed by atoms with Crippen LogP contribution in [0.5, 0.6) is 0 Å². The number of nitrogens with one attached hydrogen (secondary N) is 1. The number of carbonyl (C=O) groups excluding carboxylic acids is 1. The van der Waals surface area contributed by atoms with Gasteiger partial charge in [0.15, 0.2) is 0 Å². The van der Waals surface area contributed by atoms with Crippen LogP contribution in [0.4, 0.5) is 5.69 Å². The molecule has 0 bridgehead atoms. The Hall–Kier alpha value is -2.81. The third-order valence-electron chi connectivity index (χ3n) is 2.84. The summed E-state index contributed by atoms with van der Waals surface area (Å²) in [5, 5.41) is 11.6. The quantitative estimate of drug-likeness (QED) is 0.775. The third-order valence-corrected chi connectivity index (χ3v) is 2.84. The fraction of sp³-hybridized carbons (Fsp3) is 0.0833. The zero-order valence-electron chi connectivity index (χ0n) is 9.21. The van der Waals surface area contributed by atoms with E-state index in [0.717, 1.165) is 22.7 Å². The average Bonchev–Trinajstić information content (AvgIpc) is 2.84. The smallest absolute Gasteiger partial charge is 0.211 e. The highest BCUT2D eigenvalue weighted by Crippen LogP contribution is 2.31. The summed E-state index contributed by atoms with van der Waals surface area (Å²) < 4.78 is 0. The maximum atomic E-state index is 10.6. The predicted molar refractivity (Wildman–Crippen MR) is 66.2 cm³/mol. The number of hydrogen-bond donors (Lipinski definition) is 1. The standard InChI is InChI=1S/C12H7N5O/c13-3-7-4-14-9-2-11-10(15-5-16-11)1-8(9)12(7)17-6-18/h1,4-6H,2H2,(H,14,17,18). The summed E-state index contributed by atoms with van der Waals surface area (Å²) in [6.07, 6.45) is 5.85. The second-order valence-corrected chi connectivity index (χ2v) is 3.81. The highest BCUT2D eigenvalue weighted by atomic mass is 16.1. The molecule has 3 rings (SSSR count). The van der Waals surface area contributed by atoms with Crippen molar-refractivity contribution in [3.8, 4) is 6.07 Å². The minimum absolute atomic E-state index is 0.333. The zero-order chi connectivity index (χ0) is 12.5. The van der Waals surface area contributed by atoms with Crippen LogP contribution in [0.2, 0.25) is 0 Å². The van der Waals surface area contributed by atoms with Crippen LogP contribution in [-0.2, 0) is 11.2 Å². The Morgan fingerprint density at radius 1 is 1.50 bits per heavy atom. The first kappa shape index (κ1) is 10.4. The number of aliphatic imine (C=N–C) groups is 2. The van der Waals surface area contributed by atoms with Crippen LogP contribution in [0.15, 0.2) is 21.9 Å². The lowest BCUT2D eigenvalue weighted by Gasteiger charge is -2.16. The number of allylic oxidation sites excluding steroid dienone is 1. The minimum atomic E-state index is 0.333. The minimum Gasteiger partial charge on any atom is -0.327 e. The van der Waals surface area contributed by atoms with Crippen molar-refractivity contribution >= 4 is 30.2 Å². The van der Waals surface area contributed by atoms with E-state index in [0.29, 0.717) is 24.1 Å². The molecule has 0 spiro atoms. The second kappa shape index (κ2) is 3.89. The number of rotatable bonds is 2. The lowest BCUT2D eigenvalue weighted by Crippen LogP contribution is -2.14. The van der Waals surface area contributed by atoms with Gasteiger partial charge in [0.25, 0.3) is 0 Å². The number of carbonyl (C=O) groups is 1. The van der Waals surface area contributed by atoms with Crippen LogP contribution >= 0.6 is 0 Å². The SMILES string of the molecule is N#Cc1cnc2c(c1NC=O)C=C1N=CN=C1C2. The first-order valence-electron chi connectivity index (χ1n) is 5.27. The predicted octanol–water partition coefficient (Wildman–Crippen LogP) is 0.901. The second-order valence-electron chi connectivity index (χ2n) is 3.81. The molecule has 6 nitrogen and oxygen atoms in total. The van der Waals surface area contributed by atoms with Crippen molar-refractivity contribution in [2.45, 2.75) is 6.42 Å². The molecule has 0 unspecified atom stereocenters. The van der Waals surface area contributed by atoms with E-state index in [1.54, 1.807) is 6.08 Å². The number of fused-ring (bicyclic) bond motifs is 2. The van der Waals surface area contributed by atoms with Crippen molar-refractivity contribution < 1.29 is 4.79 Å². The average molecular weight is 237 g/mol. The van der Waals surface area contributed by atoms with Crippen LogP contribution in [0, 0.1) is 11.3 Å². The van der Waals surface area contributed by atoms with Crippen molar-refractivity contribution in [3.63, 3.8) is 0 Å². The topological polar surface area (TPSA) is 90.5 Å². The maximum absolute atomic E-state index is 10.6. The molecule has 0 atom stereocenters. The normalized spacial score (nSPS) is 15.1. The van der Waals surface area contributed by atoms with Crippen molar-refractivity contribution in [2.24, 2.45) is 9.98 Å². The van der Waals surface area contributed by atoms with Crippen molar-refractivity contribution in [1.82, 2.24) is 4.98 Å². The van der Waals surface area contributed by atoms with Crippen molar-refractivity contribution in [3.05, 3.63) is 28.7 Å². The van der Waals surface area contributed by atoms with Gasteiger partial charge in [-0.2, -0.15) is 5.26 Å². The van der Waals surface area contributed by atoms with Gasteiger partial charge in [0, 0.05) is 18.2 Å². The van der Waals surface area contributed by atoms with Crippen LogP contribution in [0.1, 0.15) is 16.8 Å². The third kappa shape index (κ3) is 1.42. The van der Waals surface area contributed by atoms with E-state index in [1.807, 2.05) is 6.07 Å². The summed E-state index contributed by atoms with van der Waals surface area (Å²) >= 11 is 0. The van der Waals surface area contributed by atoms with Crippen molar-refractivity contribution in [2.75, 3.05) is 5.32 Å². The Morgan fingerprint density at radius 2 is 2.39 bits per heavy atom. The molecule has 2 heterocycles. The largest absolute Gasteiger partial charge is 0.327 e. The molecule has 0 radical (unpaired) electrons. The van der Waals surface area contributed by atoms with E-state index in [9.17, 15) is 4.79 Å². The number of anilines is 1. The first-order chi connectivity index (χ1) is 8.83. The van der Waals surface area contributed by atoms with Gasteiger partial charge in [-0.3, -0.25) is 9.78 Å². The summed E-state index contributed by atoms with van der Waals surface area (Å²) in [5.41, 5.74) is 3.94. The molecule has 1 amide bonds. The van der Waals surface area contributed by atoms with E-state index >= 15 is 0 Å². The molecule has 0 aromatic carbocycles. The molecule has 0 saturated carbocycles. The Labute approximate surface area is 102 Å². The van der Waals surface area contributed by atoms with Crippen LogP contribution < -0.4 is 5.32 Å². The molecule has 18 heavy (non-hydrogen) atoms. The Kier molecular flexibility index (Phi) is 2.24. The van der Waals surface area contributed by atoms with Gasteiger partial charge in [-0.1, -0.05) is 0 Å². The van der Waals surface area contributed by atoms with Crippen molar-refractivity contribution in [1.29, 1.82) is 5.26 Å². The number of nitrogens with zero attached hydrogens (tertiary/aromatic N) is 4. The number of nitriles is 1. The number of aromatic nitrogens is 1. The molecule has 0 saturated heterocycles. The van der Waals surface area contributed by atoms with Gasteiger partial charge in [-0.25, -0.2) is 9.98 Å². The lowest BCUT2D eigenvalue weighted by atomic mass is 9.96. The molecule has 1 aliphatic carbocycles. The molecule has 1 N–H and O–H groups in total. The Balaban J connectivity index is 2.23. The lowest BCUT2D eigenvalue weighted by molar-refractivity contribution is -0.105. The van der Waals surface area contributed by atoms with Gasteiger partial charge < -0.3 is 5.32 Å². The molecule has 0 fully saturated rings. The van der Waals surface area contributed by atoms with E-state index < -0.39 is 0 Å². The van der Waals surface area contributed by atoms with Gasteiger partial charge in [-0.15, -0.1) is 0 Å². The molecule has 1 aliphatic heterocycles. The molecular formula is C12H7N5O. The number of pyridine rings is 1. The molecule has 1 aromatic heterocycles. The highest BCUT2D eigenvalue weighted by molar-refractivity contribution is 6.14. The van der Waals surface area contributed by atoms with Gasteiger partial charge >= 0.3 is 0 Å². The summed E-state index contributed by atoms with van der Waals surface area (Å²) in [6.45, 7) is 0. The van der Waals surface area contributed by atoms with E-state index in [2.05, 4.69) is 20.3 Å². The molecule has 86 valence electrons. The molecule has 1 aromatic rings. The van der Waals surface area contributed by atoms with E-state index in [-0.39, 0.29) is 0 Å². The fourth-order valence-corrected chi connectivity index (χ4v) is 2.01. The van der Waals surface area contributed by atoms with Gasteiger partial charge in [0.05, 0.1) is 28.4 Å². The first-order valence-corrected chi connectivity index (χ1v) is 5.27. The summed E-state index contributed by atoms with van der Waals surface area (Å²) in [5.74, 6) is 0. The maximum Gasteiger partial charge on any atom is 0.211 e. The van der Waals surface area contributed by atoms with Gasteiger partial charge in [0.1, 0.15) is 12.4 Å². The zero-order valence-corrected chi connectivity index (χ0v) is 9.21. The Bertz CT molecular complexity index is 678. The van der Waals surface area contributed by atoms with E-state index in [1.165, 1.54) is 12.5 Å². The van der Waals surface area contributed by atoms with Crippen LogP contribution in [-0.4, -0.2) is 23.4 Å². The summed E-state index contributed by atoms with van der Waals surface area (Å²) in [7, 11) is 0. The highest BCUT2D eigenvalue weighted by Gasteiger charge is 2.23. The number of hydrogen-bond acceptors (Lipinski definition) is 5. The summed E-state index contributed by atoms with van der Waals surface area (Å²) in [6, 6.07) is 2.01.